The fraction of sp³-hybridized carbons (Fsp3) is 0.267. The average molecular weight is 281 g/mol. The summed E-state index contributed by atoms with van der Waals surface area (Å²) in [5.41, 5.74) is 2.79. The zero-order valence-corrected chi connectivity index (χ0v) is 11.5. The Bertz CT molecular complexity index is 746. The highest BCUT2D eigenvalue weighted by Crippen LogP contribution is 2.18. The standard InChI is InChI=1S/C15H15N5O/c1-2-4-14-13(3-1)17-18-20(14)12-5-6-15(16-11-12)19-7-9-21-10-8-19/h1-6,11H,7-10H2. The number of anilines is 1. The fourth-order valence-corrected chi connectivity index (χ4v) is 2.54. The van der Waals surface area contributed by atoms with Crippen molar-refractivity contribution in [1.82, 2.24) is 20.0 Å². The Labute approximate surface area is 122 Å². The van der Waals surface area contributed by atoms with Crippen LogP contribution >= 0.6 is 0 Å². The lowest BCUT2D eigenvalue weighted by molar-refractivity contribution is 0.122. The van der Waals surface area contributed by atoms with Gasteiger partial charge in [-0.25, -0.2) is 9.67 Å². The molecule has 2 aromatic heterocycles. The van der Waals surface area contributed by atoms with Crippen molar-refractivity contribution in [2.24, 2.45) is 0 Å². The maximum absolute atomic E-state index is 5.36. The van der Waals surface area contributed by atoms with Gasteiger partial charge in [0.15, 0.2) is 0 Å². The van der Waals surface area contributed by atoms with Gasteiger partial charge in [-0.05, 0) is 24.3 Å². The van der Waals surface area contributed by atoms with Gasteiger partial charge in [0.2, 0.25) is 0 Å². The van der Waals surface area contributed by atoms with Crippen molar-refractivity contribution in [2.75, 3.05) is 31.2 Å². The fourth-order valence-electron chi connectivity index (χ4n) is 2.54. The van der Waals surface area contributed by atoms with Gasteiger partial charge in [0, 0.05) is 13.1 Å². The topological polar surface area (TPSA) is 56.1 Å². The first kappa shape index (κ1) is 12.3. The molecule has 1 saturated heterocycles. The maximum Gasteiger partial charge on any atom is 0.128 e. The first-order valence-corrected chi connectivity index (χ1v) is 7.01. The molecule has 0 bridgehead atoms. The third-order valence-electron chi connectivity index (χ3n) is 3.66. The van der Waals surface area contributed by atoms with Crippen molar-refractivity contribution in [3.05, 3.63) is 42.6 Å². The molecular formula is C15H15N5O. The van der Waals surface area contributed by atoms with E-state index in [-0.39, 0.29) is 0 Å². The third kappa shape index (κ3) is 2.23. The van der Waals surface area contributed by atoms with Gasteiger partial charge in [-0.1, -0.05) is 17.3 Å². The number of nitrogens with zero attached hydrogens (tertiary/aromatic N) is 5. The summed E-state index contributed by atoms with van der Waals surface area (Å²) in [6.07, 6.45) is 1.84. The van der Waals surface area contributed by atoms with E-state index in [0.29, 0.717) is 0 Å². The molecule has 1 fully saturated rings. The summed E-state index contributed by atoms with van der Waals surface area (Å²) < 4.78 is 7.17. The highest BCUT2D eigenvalue weighted by atomic mass is 16.5. The molecule has 21 heavy (non-hydrogen) atoms. The van der Waals surface area contributed by atoms with Crippen molar-refractivity contribution in [3.63, 3.8) is 0 Å². The van der Waals surface area contributed by atoms with Crippen LogP contribution in [-0.2, 0) is 4.74 Å². The van der Waals surface area contributed by atoms with Gasteiger partial charge >= 0.3 is 0 Å². The van der Waals surface area contributed by atoms with Crippen LogP contribution in [0.4, 0.5) is 5.82 Å². The predicted octanol–water partition coefficient (Wildman–Crippen LogP) is 1.65. The second-order valence-corrected chi connectivity index (χ2v) is 4.96. The molecule has 4 rings (SSSR count). The molecule has 0 amide bonds. The molecule has 6 nitrogen and oxygen atoms in total. The highest BCUT2D eigenvalue weighted by Gasteiger charge is 2.13. The summed E-state index contributed by atoms with van der Waals surface area (Å²) in [4.78, 5) is 6.78. The monoisotopic (exact) mass is 281 g/mol. The minimum atomic E-state index is 0.761. The molecule has 106 valence electrons. The second kappa shape index (κ2) is 5.14. The summed E-state index contributed by atoms with van der Waals surface area (Å²) in [6, 6.07) is 12.0. The molecule has 1 aromatic carbocycles. The summed E-state index contributed by atoms with van der Waals surface area (Å²) in [6.45, 7) is 3.30. The van der Waals surface area contributed by atoms with Crippen molar-refractivity contribution >= 4 is 16.9 Å². The van der Waals surface area contributed by atoms with Crippen molar-refractivity contribution in [1.29, 1.82) is 0 Å². The molecule has 1 aliphatic rings. The highest BCUT2D eigenvalue weighted by molar-refractivity contribution is 5.75. The number of ether oxygens (including phenoxy) is 1. The van der Waals surface area contributed by atoms with Crippen LogP contribution in [0.2, 0.25) is 0 Å². The summed E-state index contributed by atoms with van der Waals surface area (Å²) in [5, 5.41) is 8.37. The number of fused-ring (bicyclic) bond motifs is 1. The zero-order chi connectivity index (χ0) is 14.1. The molecule has 0 aliphatic carbocycles. The Morgan fingerprint density at radius 2 is 1.86 bits per heavy atom. The molecule has 0 saturated carbocycles. The van der Waals surface area contributed by atoms with E-state index in [1.54, 1.807) is 0 Å². The van der Waals surface area contributed by atoms with Crippen LogP contribution in [0.15, 0.2) is 42.6 Å². The van der Waals surface area contributed by atoms with E-state index >= 15 is 0 Å². The molecule has 0 unspecified atom stereocenters. The van der Waals surface area contributed by atoms with E-state index in [9.17, 15) is 0 Å². The van der Waals surface area contributed by atoms with Crippen LogP contribution < -0.4 is 4.90 Å². The molecule has 3 aromatic rings. The van der Waals surface area contributed by atoms with E-state index in [4.69, 9.17) is 4.74 Å². The van der Waals surface area contributed by atoms with E-state index in [0.717, 1.165) is 48.8 Å². The first-order chi connectivity index (χ1) is 10.4. The molecule has 3 heterocycles. The third-order valence-corrected chi connectivity index (χ3v) is 3.66. The molecule has 0 N–H and O–H groups in total. The zero-order valence-electron chi connectivity index (χ0n) is 11.5. The minimum absolute atomic E-state index is 0.761. The SMILES string of the molecule is c1ccc2c(c1)nnn2-c1ccc(N2CCOCC2)nc1. The minimum Gasteiger partial charge on any atom is -0.378 e. The number of aromatic nitrogens is 4. The van der Waals surface area contributed by atoms with Crippen LogP contribution in [0, 0.1) is 0 Å². The number of pyridine rings is 1. The lowest BCUT2D eigenvalue weighted by atomic mass is 10.3. The van der Waals surface area contributed by atoms with E-state index in [1.807, 2.05) is 47.3 Å². The van der Waals surface area contributed by atoms with E-state index in [1.165, 1.54) is 0 Å². The largest absolute Gasteiger partial charge is 0.378 e. The van der Waals surface area contributed by atoms with E-state index in [2.05, 4.69) is 20.2 Å². The van der Waals surface area contributed by atoms with Crippen molar-refractivity contribution < 1.29 is 4.74 Å². The molecule has 0 atom stereocenters. The number of rotatable bonds is 2. The average Bonchev–Trinajstić information content (AvgIpc) is 3.00. The lowest BCUT2D eigenvalue weighted by Crippen LogP contribution is -2.36. The quantitative estimate of drug-likeness (QED) is 0.715. The summed E-state index contributed by atoms with van der Waals surface area (Å²) >= 11 is 0. The smallest absolute Gasteiger partial charge is 0.128 e. The van der Waals surface area contributed by atoms with Gasteiger partial charge in [-0.2, -0.15) is 0 Å². The Balaban J connectivity index is 1.67. The Morgan fingerprint density at radius 1 is 1.00 bits per heavy atom. The van der Waals surface area contributed by atoms with Gasteiger partial charge in [-0.15, -0.1) is 5.10 Å². The van der Waals surface area contributed by atoms with Gasteiger partial charge < -0.3 is 9.64 Å². The maximum atomic E-state index is 5.36. The van der Waals surface area contributed by atoms with Crippen LogP contribution in [0.5, 0.6) is 0 Å². The van der Waals surface area contributed by atoms with Crippen LogP contribution in [0.1, 0.15) is 0 Å². The Hall–Kier alpha value is -2.47. The van der Waals surface area contributed by atoms with Gasteiger partial charge in [0.25, 0.3) is 0 Å². The van der Waals surface area contributed by atoms with Crippen molar-refractivity contribution in [2.45, 2.75) is 0 Å². The summed E-state index contributed by atoms with van der Waals surface area (Å²) in [7, 11) is 0. The molecular weight excluding hydrogens is 266 g/mol. The molecule has 1 aliphatic heterocycles. The second-order valence-electron chi connectivity index (χ2n) is 4.96. The summed E-state index contributed by atoms with van der Waals surface area (Å²) in [5.74, 6) is 0.978. The predicted molar refractivity (Wildman–Crippen MR) is 79.7 cm³/mol. The number of hydrogen-bond donors (Lipinski definition) is 0. The van der Waals surface area contributed by atoms with Gasteiger partial charge in [0.05, 0.1) is 30.6 Å². The number of hydrogen-bond acceptors (Lipinski definition) is 5. The first-order valence-electron chi connectivity index (χ1n) is 7.01. The van der Waals surface area contributed by atoms with E-state index < -0.39 is 0 Å². The number of para-hydroxylation sites is 1. The molecule has 0 spiro atoms. The lowest BCUT2D eigenvalue weighted by Gasteiger charge is -2.27. The Morgan fingerprint density at radius 3 is 2.67 bits per heavy atom. The normalized spacial score (nSPS) is 15.5. The van der Waals surface area contributed by atoms with Gasteiger partial charge in [0.1, 0.15) is 11.3 Å². The van der Waals surface area contributed by atoms with Crippen LogP contribution in [0.25, 0.3) is 16.7 Å². The molecule has 0 radical (unpaired) electrons. The van der Waals surface area contributed by atoms with Gasteiger partial charge in [-0.3, -0.25) is 0 Å². The van der Waals surface area contributed by atoms with Crippen molar-refractivity contribution in [3.8, 4) is 5.69 Å². The van der Waals surface area contributed by atoms with Crippen LogP contribution in [0.3, 0.4) is 0 Å². The van der Waals surface area contributed by atoms with Crippen LogP contribution in [-0.4, -0.2) is 46.3 Å². The molecule has 6 heteroatoms. The number of morpholine rings is 1. The number of benzene rings is 1. The Kier molecular flexibility index (Phi) is 3.01.